The van der Waals surface area contributed by atoms with Crippen LogP contribution in [0.4, 0.5) is 0 Å². The molecule has 0 aliphatic rings. The van der Waals surface area contributed by atoms with Crippen LogP contribution in [-0.2, 0) is 6.54 Å². The number of carbonyl (C=O) groups is 1. The number of nitrogens with zero attached hydrogens (tertiary/aromatic N) is 2. The Kier molecular flexibility index (Phi) is 3.37. The van der Waals surface area contributed by atoms with Crippen molar-refractivity contribution >= 4 is 5.78 Å². The number of rotatable bonds is 3. The van der Waals surface area contributed by atoms with E-state index in [1.54, 1.807) is 12.3 Å². The van der Waals surface area contributed by atoms with Crippen molar-refractivity contribution in [3.05, 3.63) is 63.8 Å². The van der Waals surface area contributed by atoms with Gasteiger partial charge in [-0.25, -0.2) is 9.78 Å². The van der Waals surface area contributed by atoms with Crippen molar-refractivity contribution < 1.29 is 4.79 Å². The molecule has 0 amide bonds. The Bertz CT molecular complexity index is 644. The molecule has 0 unspecified atom stereocenters. The van der Waals surface area contributed by atoms with E-state index in [1.807, 2.05) is 32.0 Å². The minimum atomic E-state index is -0.406. The summed E-state index contributed by atoms with van der Waals surface area (Å²) in [6, 6.07) is 7.35. The van der Waals surface area contributed by atoms with Gasteiger partial charge in [0.2, 0.25) is 0 Å². The lowest BCUT2D eigenvalue weighted by molar-refractivity contribution is 0.0969. The number of carbonyl (C=O) groups excluding carboxylic acids is 1. The van der Waals surface area contributed by atoms with Crippen LogP contribution in [0.2, 0.25) is 0 Å². The van der Waals surface area contributed by atoms with Gasteiger partial charge in [-0.3, -0.25) is 9.36 Å². The Morgan fingerprint density at radius 2 is 2.11 bits per heavy atom. The molecule has 0 bridgehead atoms. The van der Waals surface area contributed by atoms with Gasteiger partial charge >= 0.3 is 5.69 Å². The molecule has 4 nitrogen and oxygen atoms in total. The molecule has 0 saturated carbocycles. The number of Topliss-reactive ketones (excluding diaryl/α,β-unsaturated/α-hetero) is 1. The molecule has 0 N–H and O–H groups in total. The Labute approximate surface area is 105 Å². The number of hydrogen-bond acceptors (Lipinski definition) is 3. The Morgan fingerprint density at radius 3 is 2.83 bits per heavy atom. The lowest BCUT2D eigenvalue weighted by atomic mass is 10.0. The first-order chi connectivity index (χ1) is 8.58. The standard InChI is InChI=1S/C14H14N2O2/c1-10-4-5-11(2)12(8-10)13(17)9-16-7-3-6-15-14(16)18/h3-8H,9H2,1-2H3. The molecule has 1 aromatic heterocycles. The van der Waals surface area contributed by atoms with Gasteiger partial charge in [0, 0.05) is 18.0 Å². The fourth-order valence-electron chi connectivity index (χ4n) is 1.78. The fraction of sp³-hybridized carbons (Fsp3) is 0.214. The molecule has 0 radical (unpaired) electrons. The molecule has 0 spiro atoms. The zero-order valence-electron chi connectivity index (χ0n) is 10.4. The van der Waals surface area contributed by atoms with Crippen LogP contribution in [0.5, 0.6) is 0 Å². The highest BCUT2D eigenvalue weighted by Crippen LogP contribution is 2.11. The summed E-state index contributed by atoms with van der Waals surface area (Å²) in [6.07, 6.45) is 2.99. The molecule has 0 aliphatic heterocycles. The predicted molar refractivity (Wildman–Crippen MR) is 68.7 cm³/mol. The average molecular weight is 242 g/mol. The number of hydrogen-bond donors (Lipinski definition) is 0. The summed E-state index contributed by atoms with van der Waals surface area (Å²) >= 11 is 0. The van der Waals surface area contributed by atoms with Crippen molar-refractivity contribution in [1.29, 1.82) is 0 Å². The van der Waals surface area contributed by atoms with Crippen molar-refractivity contribution in [3.8, 4) is 0 Å². The summed E-state index contributed by atoms with van der Waals surface area (Å²) in [7, 11) is 0. The maximum atomic E-state index is 12.2. The molecule has 0 fully saturated rings. The summed E-state index contributed by atoms with van der Waals surface area (Å²) in [5, 5.41) is 0. The van der Waals surface area contributed by atoms with Crippen molar-refractivity contribution in [3.63, 3.8) is 0 Å². The van der Waals surface area contributed by atoms with E-state index in [0.29, 0.717) is 5.56 Å². The molecular formula is C14H14N2O2. The van der Waals surface area contributed by atoms with Gasteiger partial charge in [-0.2, -0.15) is 0 Å². The van der Waals surface area contributed by atoms with Gasteiger partial charge in [-0.05, 0) is 31.5 Å². The van der Waals surface area contributed by atoms with Gasteiger partial charge in [0.25, 0.3) is 0 Å². The van der Waals surface area contributed by atoms with Crippen LogP contribution in [0.25, 0.3) is 0 Å². The lowest BCUT2D eigenvalue weighted by Crippen LogP contribution is -2.25. The van der Waals surface area contributed by atoms with E-state index in [1.165, 1.54) is 10.8 Å². The van der Waals surface area contributed by atoms with Crippen molar-refractivity contribution in [1.82, 2.24) is 9.55 Å². The van der Waals surface area contributed by atoms with Gasteiger partial charge in [0.1, 0.15) is 0 Å². The lowest BCUT2D eigenvalue weighted by Gasteiger charge is -2.07. The monoisotopic (exact) mass is 242 g/mol. The van der Waals surface area contributed by atoms with Crippen LogP contribution in [0, 0.1) is 13.8 Å². The largest absolute Gasteiger partial charge is 0.347 e. The number of ketones is 1. The predicted octanol–water partition coefficient (Wildman–Crippen LogP) is 1.74. The van der Waals surface area contributed by atoms with Gasteiger partial charge < -0.3 is 0 Å². The van der Waals surface area contributed by atoms with Crippen molar-refractivity contribution in [2.24, 2.45) is 0 Å². The Hall–Kier alpha value is -2.23. The third-order valence-corrected chi connectivity index (χ3v) is 2.79. The molecule has 92 valence electrons. The topological polar surface area (TPSA) is 52.0 Å². The second-order valence-corrected chi connectivity index (χ2v) is 4.27. The minimum absolute atomic E-state index is 0.0248. The van der Waals surface area contributed by atoms with Crippen LogP contribution in [0.3, 0.4) is 0 Å². The van der Waals surface area contributed by atoms with Crippen molar-refractivity contribution in [2.75, 3.05) is 0 Å². The molecule has 0 saturated heterocycles. The molecule has 0 aliphatic carbocycles. The van der Waals surface area contributed by atoms with E-state index >= 15 is 0 Å². The van der Waals surface area contributed by atoms with E-state index < -0.39 is 5.69 Å². The van der Waals surface area contributed by atoms with Crippen molar-refractivity contribution in [2.45, 2.75) is 20.4 Å². The minimum Gasteiger partial charge on any atom is -0.292 e. The van der Waals surface area contributed by atoms with Gasteiger partial charge in [0.05, 0.1) is 6.54 Å². The third-order valence-electron chi connectivity index (χ3n) is 2.79. The summed E-state index contributed by atoms with van der Waals surface area (Å²) in [6.45, 7) is 3.85. The van der Waals surface area contributed by atoms with Crippen LogP contribution in [0.1, 0.15) is 21.5 Å². The van der Waals surface area contributed by atoms with Crippen LogP contribution < -0.4 is 5.69 Å². The second-order valence-electron chi connectivity index (χ2n) is 4.27. The van der Waals surface area contributed by atoms with Gasteiger partial charge in [0.15, 0.2) is 5.78 Å². The molecule has 2 rings (SSSR count). The highest BCUT2D eigenvalue weighted by atomic mass is 16.2. The Morgan fingerprint density at radius 1 is 1.33 bits per heavy atom. The highest BCUT2D eigenvalue weighted by molar-refractivity contribution is 5.97. The summed E-state index contributed by atoms with van der Waals surface area (Å²) in [5.41, 5.74) is 2.20. The molecule has 2 aromatic rings. The highest BCUT2D eigenvalue weighted by Gasteiger charge is 2.10. The number of benzene rings is 1. The maximum absolute atomic E-state index is 12.2. The van der Waals surface area contributed by atoms with Crippen LogP contribution in [-0.4, -0.2) is 15.3 Å². The normalized spacial score (nSPS) is 10.3. The fourth-order valence-corrected chi connectivity index (χ4v) is 1.78. The maximum Gasteiger partial charge on any atom is 0.347 e. The zero-order chi connectivity index (χ0) is 13.1. The quantitative estimate of drug-likeness (QED) is 0.770. The Balaban J connectivity index is 2.31. The van der Waals surface area contributed by atoms with Gasteiger partial charge in [-0.1, -0.05) is 17.7 Å². The average Bonchev–Trinajstić information content (AvgIpc) is 2.35. The summed E-state index contributed by atoms with van der Waals surface area (Å²) < 4.78 is 1.31. The van der Waals surface area contributed by atoms with E-state index in [-0.39, 0.29) is 12.3 Å². The van der Waals surface area contributed by atoms with Gasteiger partial charge in [-0.15, -0.1) is 0 Å². The third kappa shape index (κ3) is 2.53. The first kappa shape index (κ1) is 12.2. The summed E-state index contributed by atoms with van der Waals surface area (Å²) in [5.74, 6) is -0.0775. The zero-order valence-corrected chi connectivity index (χ0v) is 10.4. The van der Waals surface area contributed by atoms with E-state index in [4.69, 9.17) is 0 Å². The van der Waals surface area contributed by atoms with E-state index in [9.17, 15) is 9.59 Å². The molecule has 1 heterocycles. The first-order valence-corrected chi connectivity index (χ1v) is 5.70. The summed E-state index contributed by atoms with van der Waals surface area (Å²) in [4.78, 5) is 27.2. The SMILES string of the molecule is Cc1ccc(C)c(C(=O)Cn2cccnc2=O)c1. The van der Waals surface area contributed by atoms with E-state index in [2.05, 4.69) is 4.98 Å². The molecule has 18 heavy (non-hydrogen) atoms. The molecular weight excluding hydrogens is 228 g/mol. The smallest absolute Gasteiger partial charge is 0.292 e. The molecule has 4 heteroatoms. The van der Waals surface area contributed by atoms with Crippen LogP contribution >= 0.6 is 0 Å². The molecule has 0 atom stereocenters. The first-order valence-electron chi connectivity index (χ1n) is 5.70. The number of aromatic nitrogens is 2. The van der Waals surface area contributed by atoms with E-state index in [0.717, 1.165) is 11.1 Å². The number of aryl methyl sites for hydroxylation is 2. The molecule has 1 aromatic carbocycles. The second kappa shape index (κ2) is 4.96. The van der Waals surface area contributed by atoms with Crippen LogP contribution in [0.15, 0.2) is 41.5 Å².